The Morgan fingerprint density at radius 3 is 2.74 bits per heavy atom. The lowest BCUT2D eigenvalue weighted by Gasteiger charge is -2.09. The molecule has 0 spiro atoms. The number of amides is 1. The predicted octanol–water partition coefficient (Wildman–Crippen LogP) is 3.10. The fourth-order valence-corrected chi connectivity index (χ4v) is 2.06. The number of rotatable bonds is 3. The van der Waals surface area contributed by atoms with Crippen molar-refractivity contribution in [3.8, 4) is 0 Å². The van der Waals surface area contributed by atoms with Crippen LogP contribution < -0.4 is 11.1 Å². The van der Waals surface area contributed by atoms with Crippen LogP contribution in [0.15, 0.2) is 46.9 Å². The summed E-state index contributed by atoms with van der Waals surface area (Å²) in [6, 6.07) is 11.3. The summed E-state index contributed by atoms with van der Waals surface area (Å²) in [4.78, 5) is 11.9. The zero-order valence-electron chi connectivity index (χ0n) is 9.99. The van der Waals surface area contributed by atoms with Crippen molar-refractivity contribution in [1.29, 1.82) is 0 Å². The van der Waals surface area contributed by atoms with Crippen molar-refractivity contribution >= 4 is 27.5 Å². The molecule has 0 bridgehead atoms. The van der Waals surface area contributed by atoms with Crippen LogP contribution >= 0.6 is 15.9 Å². The number of nitrogens with two attached hydrogens (primary N) is 1. The largest absolute Gasteiger partial charge is 0.398 e. The molecule has 0 heterocycles. The fraction of sp³-hybridized carbons (Fsp3) is 0.0714. The number of nitrogens with one attached hydrogen (secondary N) is 1. The zero-order valence-corrected chi connectivity index (χ0v) is 11.6. The summed E-state index contributed by atoms with van der Waals surface area (Å²) in [5.74, 6) is -0.881. The minimum atomic E-state index is -0.486. The molecule has 3 nitrogen and oxygen atoms in total. The van der Waals surface area contributed by atoms with Gasteiger partial charge in [-0.15, -0.1) is 0 Å². The van der Waals surface area contributed by atoms with E-state index in [1.807, 2.05) is 24.3 Å². The van der Waals surface area contributed by atoms with Crippen LogP contribution in [0.1, 0.15) is 15.9 Å². The number of hydrogen-bond donors (Lipinski definition) is 2. The van der Waals surface area contributed by atoms with Crippen LogP contribution in [0, 0.1) is 5.82 Å². The molecule has 5 heteroatoms. The zero-order chi connectivity index (χ0) is 13.8. The molecule has 0 aliphatic carbocycles. The molecule has 0 saturated carbocycles. The highest BCUT2D eigenvalue weighted by Gasteiger charge is 2.11. The highest BCUT2D eigenvalue weighted by molar-refractivity contribution is 9.10. The maximum Gasteiger partial charge on any atom is 0.253 e. The number of halogens is 2. The molecule has 0 atom stereocenters. The third kappa shape index (κ3) is 3.32. The van der Waals surface area contributed by atoms with Crippen molar-refractivity contribution in [2.75, 3.05) is 5.73 Å². The van der Waals surface area contributed by atoms with Gasteiger partial charge in [0.25, 0.3) is 5.91 Å². The summed E-state index contributed by atoms with van der Waals surface area (Å²) in [6.45, 7) is 0.343. The molecule has 0 saturated heterocycles. The van der Waals surface area contributed by atoms with E-state index in [-0.39, 0.29) is 11.3 Å². The normalized spacial score (nSPS) is 10.2. The van der Waals surface area contributed by atoms with Gasteiger partial charge in [0, 0.05) is 16.7 Å². The van der Waals surface area contributed by atoms with Crippen molar-refractivity contribution < 1.29 is 9.18 Å². The third-order valence-electron chi connectivity index (χ3n) is 2.66. The molecule has 3 N–H and O–H groups in total. The second-order valence-corrected chi connectivity index (χ2v) is 4.86. The highest BCUT2D eigenvalue weighted by atomic mass is 79.9. The molecule has 0 unspecified atom stereocenters. The van der Waals surface area contributed by atoms with E-state index >= 15 is 0 Å². The monoisotopic (exact) mass is 322 g/mol. The number of hydrogen-bond acceptors (Lipinski definition) is 2. The van der Waals surface area contributed by atoms with Crippen LogP contribution in [0.3, 0.4) is 0 Å². The number of nitrogen functional groups attached to an aromatic ring is 1. The summed E-state index contributed by atoms with van der Waals surface area (Å²) in [5.41, 5.74) is 6.99. The van der Waals surface area contributed by atoms with Gasteiger partial charge >= 0.3 is 0 Å². The van der Waals surface area contributed by atoms with Gasteiger partial charge in [0.2, 0.25) is 0 Å². The van der Waals surface area contributed by atoms with E-state index in [0.717, 1.165) is 16.1 Å². The van der Waals surface area contributed by atoms with Gasteiger partial charge in [0.1, 0.15) is 5.82 Å². The molecule has 1 amide bonds. The van der Waals surface area contributed by atoms with Gasteiger partial charge in [0.15, 0.2) is 0 Å². The first kappa shape index (κ1) is 13.5. The first-order chi connectivity index (χ1) is 9.08. The molecule has 0 fully saturated rings. The Hall–Kier alpha value is -1.88. The maximum atomic E-state index is 13.1. The van der Waals surface area contributed by atoms with E-state index in [9.17, 15) is 9.18 Å². The molecule has 2 aromatic carbocycles. The molecule has 2 rings (SSSR count). The number of anilines is 1. The Morgan fingerprint density at radius 2 is 2.00 bits per heavy atom. The van der Waals surface area contributed by atoms with Gasteiger partial charge in [-0.3, -0.25) is 4.79 Å². The van der Waals surface area contributed by atoms with Crippen LogP contribution in [-0.2, 0) is 6.54 Å². The summed E-state index contributed by atoms with van der Waals surface area (Å²) in [7, 11) is 0. The van der Waals surface area contributed by atoms with Crippen LogP contribution in [0.4, 0.5) is 10.1 Å². The molecule has 19 heavy (non-hydrogen) atoms. The van der Waals surface area contributed by atoms with Gasteiger partial charge in [0.05, 0.1) is 5.56 Å². The SMILES string of the molecule is Nc1ccc(F)cc1C(=O)NCc1ccccc1Br. The summed E-state index contributed by atoms with van der Waals surface area (Å²) in [6.07, 6.45) is 0. The van der Waals surface area contributed by atoms with Crippen molar-refractivity contribution in [1.82, 2.24) is 5.32 Å². The first-order valence-corrected chi connectivity index (χ1v) is 6.44. The molecular formula is C14H12BrFN2O. The molecule has 98 valence electrons. The van der Waals surface area contributed by atoms with Gasteiger partial charge in [-0.05, 0) is 29.8 Å². The minimum Gasteiger partial charge on any atom is -0.398 e. The smallest absolute Gasteiger partial charge is 0.253 e. The Morgan fingerprint density at radius 1 is 1.26 bits per heavy atom. The van der Waals surface area contributed by atoms with E-state index < -0.39 is 11.7 Å². The van der Waals surface area contributed by atoms with Crippen LogP contribution in [-0.4, -0.2) is 5.91 Å². The molecule has 0 aliphatic rings. The maximum absolute atomic E-state index is 13.1. The summed E-state index contributed by atoms with van der Waals surface area (Å²) >= 11 is 3.39. The lowest BCUT2D eigenvalue weighted by molar-refractivity contribution is 0.0951. The third-order valence-corrected chi connectivity index (χ3v) is 3.43. The van der Waals surface area contributed by atoms with Crippen molar-refractivity contribution in [3.05, 3.63) is 63.9 Å². The highest BCUT2D eigenvalue weighted by Crippen LogP contribution is 2.17. The standard InChI is InChI=1S/C14H12BrFN2O/c15-12-4-2-1-3-9(12)8-18-14(19)11-7-10(16)5-6-13(11)17/h1-7H,8,17H2,(H,18,19). The minimum absolute atomic E-state index is 0.145. The van der Waals surface area contributed by atoms with E-state index in [1.54, 1.807) is 0 Å². The van der Waals surface area contributed by atoms with E-state index in [1.165, 1.54) is 12.1 Å². The van der Waals surface area contributed by atoms with Crippen molar-refractivity contribution in [3.63, 3.8) is 0 Å². The Balaban J connectivity index is 2.10. The molecule has 0 aromatic heterocycles. The average Bonchev–Trinajstić information content (AvgIpc) is 2.40. The Kier molecular flexibility index (Phi) is 4.16. The second kappa shape index (κ2) is 5.84. The van der Waals surface area contributed by atoms with E-state index in [2.05, 4.69) is 21.2 Å². The van der Waals surface area contributed by atoms with Gasteiger partial charge in [-0.25, -0.2) is 4.39 Å². The van der Waals surface area contributed by atoms with Crippen LogP contribution in [0.2, 0.25) is 0 Å². The Bertz CT molecular complexity index is 616. The number of carbonyl (C=O) groups is 1. The molecule has 0 radical (unpaired) electrons. The lowest BCUT2D eigenvalue weighted by Crippen LogP contribution is -2.24. The summed E-state index contributed by atoms with van der Waals surface area (Å²) < 4.78 is 14.0. The topological polar surface area (TPSA) is 55.1 Å². The Labute approximate surface area is 118 Å². The van der Waals surface area contributed by atoms with E-state index in [0.29, 0.717) is 6.54 Å². The van der Waals surface area contributed by atoms with Crippen molar-refractivity contribution in [2.24, 2.45) is 0 Å². The molecule has 0 aliphatic heterocycles. The van der Waals surface area contributed by atoms with Crippen molar-refractivity contribution in [2.45, 2.75) is 6.54 Å². The summed E-state index contributed by atoms with van der Waals surface area (Å²) in [5, 5.41) is 2.71. The fourth-order valence-electron chi connectivity index (χ4n) is 1.64. The number of carbonyl (C=O) groups excluding carboxylic acids is 1. The second-order valence-electron chi connectivity index (χ2n) is 4.01. The van der Waals surface area contributed by atoms with Crippen LogP contribution in [0.5, 0.6) is 0 Å². The number of benzene rings is 2. The van der Waals surface area contributed by atoms with E-state index in [4.69, 9.17) is 5.73 Å². The van der Waals surface area contributed by atoms with Gasteiger partial charge in [-0.1, -0.05) is 34.1 Å². The molecular weight excluding hydrogens is 311 g/mol. The first-order valence-electron chi connectivity index (χ1n) is 5.64. The predicted molar refractivity (Wildman–Crippen MR) is 76.1 cm³/mol. The van der Waals surface area contributed by atoms with Gasteiger partial charge in [-0.2, -0.15) is 0 Å². The average molecular weight is 323 g/mol. The molecule has 2 aromatic rings. The lowest BCUT2D eigenvalue weighted by atomic mass is 10.1. The van der Waals surface area contributed by atoms with Gasteiger partial charge < -0.3 is 11.1 Å². The van der Waals surface area contributed by atoms with Crippen LogP contribution in [0.25, 0.3) is 0 Å². The quantitative estimate of drug-likeness (QED) is 0.853.